The normalized spacial score (nSPS) is 21.3. The number of ether oxygens (including phenoxy) is 1. The molecule has 0 radical (unpaired) electrons. The number of benzene rings is 1. The van der Waals surface area contributed by atoms with Gasteiger partial charge in [0.05, 0.1) is 6.10 Å². The molecule has 1 aromatic rings. The summed E-state index contributed by atoms with van der Waals surface area (Å²) in [6.07, 6.45) is 1.25. The molecule has 0 bridgehead atoms. The van der Waals surface area contributed by atoms with E-state index in [0.29, 0.717) is 11.8 Å². The zero-order valence-electron chi connectivity index (χ0n) is 13.6. The van der Waals surface area contributed by atoms with Gasteiger partial charge in [-0.25, -0.2) is 0 Å². The summed E-state index contributed by atoms with van der Waals surface area (Å²) in [6.45, 7) is 6.92. The van der Waals surface area contributed by atoms with Gasteiger partial charge in [0.25, 0.3) is 5.91 Å². The van der Waals surface area contributed by atoms with Crippen molar-refractivity contribution < 1.29 is 9.53 Å². The molecule has 3 N–H and O–H groups in total. The van der Waals surface area contributed by atoms with Crippen LogP contribution in [0.4, 0.5) is 5.69 Å². The van der Waals surface area contributed by atoms with Crippen LogP contribution in [0, 0.1) is 6.92 Å². The molecule has 1 aliphatic rings. The second-order valence-electron chi connectivity index (χ2n) is 6.00. The molecule has 1 saturated heterocycles. The van der Waals surface area contributed by atoms with Crippen LogP contribution in [0.5, 0.6) is 0 Å². The lowest BCUT2D eigenvalue weighted by atomic mass is 10.1. The highest BCUT2D eigenvalue weighted by molar-refractivity contribution is 7.99. The third-order valence-corrected chi connectivity index (χ3v) is 5.08. The van der Waals surface area contributed by atoms with Crippen LogP contribution in [-0.2, 0) is 15.3 Å². The van der Waals surface area contributed by atoms with Gasteiger partial charge < -0.3 is 15.8 Å². The van der Waals surface area contributed by atoms with E-state index in [4.69, 9.17) is 10.5 Å². The lowest BCUT2D eigenvalue weighted by Crippen LogP contribution is -2.30. The fourth-order valence-electron chi connectivity index (χ4n) is 2.52. The van der Waals surface area contributed by atoms with Crippen molar-refractivity contribution in [2.75, 3.05) is 11.9 Å². The first-order valence-electron chi connectivity index (χ1n) is 7.87. The highest BCUT2D eigenvalue weighted by atomic mass is 32.2. The van der Waals surface area contributed by atoms with Crippen LogP contribution in [0.2, 0.25) is 0 Å². The van der Waals surface area contributed by atoms with Crippen LogP contribution >= 0.6 is 11.8 Å². The van der Waals surface area contributed by atoms with Crippen LogP contribution in [0.25, 0.3) is 0 Å². The average Bonchev–Trinajstić information content (AvgIpc) is 2.97. The molecule has 1 amide bonds. The number of amides is 1. The topological polar surface area (TPSA) is 64.4 Å². The van der Waals surface area contributed by atoms with E-state index >= 15 is 0 Å². The number of anilines is 1. The quantitative estimate of drug-likeness (QED) is 0.845. The van der Waals surface area contributed by atoms with Gasteiger partial charge in [-0.2, -0.15) is 11.8 Å². The Kier molecular flexibility index (Phi) is 6.29. The van der Waals surface area contributed by atoms with E-state index in [2.05, 4.69) is 32.2 Å². The molecule has 1 heterocycles. The molecule has 1 fully saturated rings. The maximum absolute atomic E-state index is 12.3. The second kappa shape index (κ2) is 7.99. The second-order valence-corrected chi connectivity index (χ2v) is 7.56. The minimum Gasteiger partial charge on any atom is -0.364 e. The van der Waals surface area contributed by atoms with Gasteiger partial charge in [0.1, 0.15) is 6.10 Å². The predicted octanol–water partition coefficient (Wildman–Crippen LogP) is 3.08. The van der Waals surface area contributed by atoms with Crippen LogP contribution in [-0.4, -0.2) is 29.9 Å². The smallest absolute Gasteiger partial charge is 0.253 e. The molecule has 1 aliphatic heterocycles. The molecule has 2 atom stereocenters. The van der Waals surface area contributed by atoms with Gasteiger partial charge in [0, 0.05) is 18.0 Å². The van der Waals surface area contributed by atoms with E-state index in [9.17, 15) is 4.79 Å². The molecule has 0 aromatic heterocycles. The Hall–Kier alpha value is -1.04. The van der Waals surface area contributed by atoms with Crippen LogP contribution in [0.1, 0.15) is 37.8 Å². The highest BCUT2D eigenvalue weighted by Gasteiger charge is 2.30. The summed E-state index contributed by atoms with van der Waals surface area (Å²) in [7, 11) is 0. The Labute approximate surface area is 137 Å². The highest BCUT2D eigenvalue weighted by Crippen LogP contribution is 2.26. The number of nitrogens with one attached hydrogen (secondary N) is 1. The monoisotopic (exact) mass is 322 g/mol. The molecule has 0 aliphatic carbocycles. The first-order valence-corrected chi connectivity index (χ1v) is 8.92. The van der Waals surface area contributed by atoms with E-state index in [0.717, 1.165) is 29.8 Å². The van der Waals surface area contributed by atoms with Gasteiger partial charge in [0.2, 0.25) is 0 Å². The number of nitrogens with two attached hydrogens (primary N) is 1. The zero-order chi connectivity index (χ0) is 16.1. The summed E-state index contributed by atoms with van der Waals surface area (Å²) in [5, 5.41) is 3.61. The van der Waals surface area contributed by atoms with E-state index in [1.807, 2.05) is 23.9 Å². The van der Waals surface area contributed by atoms with Crippen molar-refractivity contribution in [3.05, 3.63) is 29.3 Å². The number of rotatable bonds is 6. The summed E-state index contributed by atoms with van der Waals surface area (Å²) in [6, 6.07) is 6.07. The number of carbonyl (C=O) groups is 1. The lowest BCUT2D eigenvalue weighted by Gasteiger charge is -2.16. The molecular formula is C17H26N2O2S. The minimum atomic E-state index is -0.373. The van der Waals surface area contributed by atoms with Crippen molar-refractivity contribution in [3.63, 3.8) is 0 Å². The molecule has 2 rings (SSSR count). The van der Waals surface area contributed by atoms with E-state index in [1.54, 1.807) is 0 Å². The summed E-state index contributed by atoms with van der Waals surface area (Å²) in [5.74, 6) is 0.898. The Bertz CT molecular complexity index is 519. The first kappa shape index (κ1) is 17.3. The van der Waals surface area contributed by atoms with E-state index < -0.39 is 0 Å². The number of carbonyl (C=O) groups excluding carboxylic acids is 1. The summed E-state index contributed by atoms with van der Waals surface area (Å²) < 4.78 is 5.65. The average molecular weight is 322 g/mol. The third kappa shape index (κ3) is 4.48. The van der Waals surface area contributed by atoms with E-state index in [1.165, 1.54) is 5.56 Å². The van der Waals surface area contributed by atoms with Gasteiger partial charge in [0.15, 0.2) is 0 Å². The van der Waals surface area contributed by atoms with Crippen LogP contribution < -0.4 is 11.1 Å². The Morgan fingerprint density at radius 3 is 2.86 bits per heavy atom. The molecular weight excluding hydrogens is 296 g/mol. The van der Waals surface area contributed by atoms with Crippen molar-refractivity contribution in [1.29, 1.82) is 0 Å². The predicted molar refractivity (Wildman–Crippen MR) is 93.2 cm³/mol. The van der Waals surface area contributed by atoms with Crippen molar-refractivity contribution in [2.24, 2.45) is 5.73 Å². The van der Waals surface area contributed by atoms with Crippen molar-refractivity contribution in [2.45, 2.75) is 56.8 Å². The third-order valence-electron chi connectivity index (χ3n) is 3.94. The standard InChI is InChI=1S/C17H26N2O2S/c1-11(2)22-10-13-5-4-6-15(12(13)3)19-17(20)16-8-7-14(9-18)21-16/h4-6,11,14,16H,7-10,18H2,1-3H3,(H,19,20)/t14-,16+/m1/s1. The molecule has 22 heavy (non-hydrogen) atoms. The minimum absolute atomic E-state index is 0.0191. The van der Waals surface area contributed by atoms with E-state index in [-0.39, 0.29) is 18.1 Å². The first-order chi connectivity index (χ1) is 10.5. The van der Waals surface area contributed by atoms with Crippen molar-refractivity contribution in [3.8, 4) is 0 Å². The number of hydrogen-bond donors (Lipinski definition) is 2. The largest absolute Gasteiger partial charge is 0.364 e. The molecule has 5 heteroatoms. The Balaban J connectivity index is 2.00. The molecule has 0 spiro atoms. The summed E-state index contributed by atoms with van der Waals surface area (Å²) in [4.78, 5) is 12.3. The Morgan fingerprint density at radius 2 is 2.23 bits per heavy atom. The molecule has 0 unspecified atom stereocenters. The van der Waals surface area contributed by atoms with Gasteiger partial charge in [-0.1, -0.05) is 26.0 Å². The van der Waals surface area contributed by atoms with Gasteiger partial charge in [-0.15, -0.1) is 0 Å². The van der Waals surface area contributed by atoms with Gasteiger partial charge >= 0.3 is 0 Å². The van der Waals surface area contributed by atoms with Crippen molar-refractivity contribution in [1.82, 2.24) is 0 Å². The fraction of sp³-hybridized carbons (Fsp3) is 0.588. The lowest BCUT2D eigenvalue weighted by molar-refractivity contribution is -0.126. The van der Waals surface area contributed by atoms with Crippen molar-refractivity contribution >= 4 is 23.4 Å². The molecule has 0 saturated carbocycles. The fourth-order valence-corrected chi connectivity index (χ4v) is 3.34. The summed E-state index contributed by atoms with van der Waals surface area (Å²) >= 11 is 1.90. The van der Waals surface area contributed by atoms with Gasteiger partial charge in [-0.05, 0) is 42.2 Å². The summed E-state index contributed by atoms with van der Waals surface area (Å²) in [5.41, 5.74) is 8.88. The Morgan fingerprint density at radius 1 is 1.45 bits per heavy atom. The van der Waals surface area contributed by atoms with Crippen LogP contribution in [0.15, 0.2) is 18.2 Å². The molecule has 1 aromatic carbocycles. The number of hydrogen-bond acceptors (Lipinski definition) is 4. The zero-order valence-corrected chi connectivity index (χ0v) is 14.4. The van der Waals surface area contributed by atoms with Gasteiger partial charge in [-0.3, -0.25) is 4.79 Å². The van der Waals surface area contributed by atoms with Crippen LogP contribution in [0.3, 0.4) is 0 Å². The maximum atomic E-state index is 12.3. The molecule has 122 valence electrons. The number of thioether (sulfide) groups is 1. The SMILES string of the molecule is Cc1c(CSC(C)C)cccc1NC(=O)[C@@H]1CC[C@H](CN)O1. The molecule has 4 nitrogen and oxygen atoms in total. The maximum Gasteiger partial charge on any atom is 0.253 e.